The molecule has 0 saturated carbocycles. The predicted octanol–water partition coefficient (Wildman–Crippen LogP) is 0.996. The molecule has 1 amide bonds. The lowest BCUT2D eigenvalue weighted by atomic mass is 10.3. The fraction of sp³-hybridized carbons (Fsp3) is 0.500. The molecule has 0 aliphatic rings. The van der Waals surface area contributed by atoms with Crippen LogP contribution >= 0.6 is 0 Å². The summed E-state index contributed by atoms with van der Waals surface area (Å²) in [5.74, 6) is 0.124. The van der Waals surface area contributed by atoms with Gasteiger partial charge in [0.25, 0.3) is 0 Å². The molecular formula is C14H21N5O. The van der Waals surface area contributed by atoms with Crippen molar-refractivity contribution in [2.24, 2.45) is 0 Å². The van der Waals surface area contributed by atoms with Crippen LogP contribution in [0.2, 0.25) is 0 Å². The molecular weight excluding hydrogens is 254 g/mol. The van der Waals surface area contributed by atoms with E-state index < -0.39 is 0 Å². The smallest absolute Gasteiger partial charge is 0.236 e. The van der Waals surface area contributed by atoms with E-state index in [0.29, 0.717) is 13.1 Å². The van der Waals surface area contributed by atoms with Gasteiger partial charge in [-0.1, -0.05) is 0 Å². The summed E-state index contributed by atoms with van der Waals surface area (Å²) in [7, 11) is 0. The number of nitrogens with one attached hydrogen (secondary N) is 1. The monoisotopic (exact) mass is 275 g/mol. The first-order valence-corrected chi connectivity index (χ1v) is 6.93. The summed E-state index contributed by atoms with van der Waals surface area (Å²) in [4.78, 5) is 18.0. The highest BCUT2D eigenvalue weighted by molar-refractivity contribution is 5.78. The third-order valence-electron chi connectivity index (χ3n) is 3.21. The molecule has 2 rings (SSSR count). The van der Waals surface area contributed by atoms with Crippen molar-refractivity contribution in [1.29, 1.82) is 0 Å². The van der Waals surface area contributed by atoms with Crippen molar-refractivity contribution >= 4 is 11.6 Å². The quantitative estimate of drug-likeness (QED) is 0.854. The number of nitrogens with zero attached hydrogens (tertiary/aromatic N) is 4. The zero-order chi connectivity index (χ0) is 14.5. The maximum Gasteiger partial charge on any atom is 0.236 e. The molecule has 0 aromatic carbocycles. The van der Waals surface area contributed by atoms with Crippen molar-refractivity contribution < 1.29 is 4.79 Å². The number of fused-ring (bicyclic) bond motifs is 1. The SMILES string of the molecule is CCN(CC)C(=O)CNCc1cnc2cc(C)nn2c1. The minimum atomic E-state index is 0.124. The molecule has 2 aromatic heterocycles. The van der Waals surface area contributed by atoms with E-state index in [1.54, 1.807) is 4.52 Å². The van der Waals surface area contributed by atoms with E-state index in [4.69, 9.17) is 0 Å². The Labute approximate surface area is 118 Å². The third-order valence-corrected chi connectivity index (χ3v) is 3.21. The number of carbonyl (C=O) groups excluding carboxylic acids is 1. The van der Waals surface area contributed by atoms with Crippen molar-refractivity contribution in [3.05, 3.63) is 29.7 Å². The highest BCUT2D eigenvalue weighted by Gasteiger charge is 2.08. The fourth-order valence-corrected chi connectivity index (χ4v) is 2.13. The maximum absolute atomic E-state index is 11.8. The molecule has 0 bridgehead atoms. The highest BCUT2D eigenvalue weighted by atomic mass is 16.2. The molecule has 0 radical (unpaired) electrons. The van der Waals surface area contributed by atoms with Crippen molar-refractivity contribution in [1.82, 2.24) is 24.8 Å². The molecule has 0 atom stereocenters. The summed E-state index contributed by atoms with van der Waals surface area (Å²) in [6.45, 7) is 8.36. The molecule has 0 saturated heterocycles. The van der Waals surface area contributed by atoms with E-state index in [9.17, 15) is 4.79 Å². The third kappa shape index (κ3) is 3.33. The molecule has 0 fully saturated rings. The Hall–Kier alpha value is -1.95. The molecule has 0 unspecified atom stereocenters. The largest absolute Gasteiger partial charge is 0.342 e. The Balaban J connectivity index is 1.91. The van der Waals surface area contributed by atoms with Crippen molar-refractivity contribution in [2.45, 2.75) is 27.3 Å². The molecule has 2 heterocycles. The van der Waals surface area contributed by atoms with Crippen LogP contribution in [0.25, 0.3) is 5.65 Å². The number of hydrogen-bond acceptors (Lipinski definition) is 4. The average molecular weight is 275 g/mol. The molecule has 0 aliphatic heterocycles. The minimum absolute atomic E-state index is 0.124. The van der Waals surface area contributed by atoms with Crippen LogP contribution in [0.1, 0.15) is 25.1 Å². The van der Waals surface area contributed by atoms with E-state index in [-0.39, 0.29) is 5.91 Å². The van der Waals surface area contributed by atoms with Crippen LogP contribution in [0.4, 0.5) is 0 Å². The van der Waals surface area contributed by atoms with Gasteiger partial charge in [0.05, 0.1) is 12.2 Å². The van der Waals surface area contributed by atoms with E-state index in [2.05, 4.69) is 15.4 Å². The molecule has 6 heteroatoms. The molecule has 2 aromatic rings. The molecule has 0 aliphatic carbocycles. The number of hydrogen-bond donors (Lipinski definition) is 1. The van der Waals surface area contributed by atoms with Gasteiger partial charge in [0, 0.05) is 43.7 Å². The zero-order valence-corrected chi connectivity index (χ0v) is 12.3. The average Bonchev–Trinajstić information content (AvgIpc) is 2.79. The van der Waals surface area contributed by atoms with Gasteiger partial charge in [-0.15, -0.1) is 0 Å². The maximum atomic E-state index is 11.8. The van der Waals surface area contributed by atoms with Gasteiger partial charge in [0.1, 0.15) is 0 Å². The van der Waals surface area contributed by atoms with Gasteiger partial charge in [-0.3, -0.25) is 4.79 Å². The number of carbonyl (C=O) groups is 1. The van der Waals surface area contributed by atoms with Crippen LogP contribution in [-0.4, -0.2) is 45.0 Å². The van der Waals surface area contributed by atoms with Gasteiger partial charge in [-0.05, 0) is 20.8 Å². The van der Waals surface area contributed by atoms with E-state index in [0.717, 1.165) is 30.0 Å². The van der Waals surface area contributed by atoms with E-state index in [1.807, 2.05) is 44.1 Å². The molecule has 108 valence electrons. The number of amides is 1. The van der Waals surface area contributed by atoms with Gasteiger partial charge in [-0.2, -0.15) is 5.10 Å². The van der Waals surface area contributed by atoms with Gasteiger partial charge in [0.2, 0.25) is 5.91 Å². The molecule has 6 nitrogen and oxygen atoms in total. The lowest BCUT2D eigenvalue weighted by molar-refractivity contribution is -0.129. The normalized spacial score (nSPS) is 10.9. The molecule has 20 heavy (non-hydrogen) atoms. The summed E-state index contributed by atoms with van der Waals surface area (Å²) in [5.41, 5.74) is 2.79. The second kappa shape index (κ2) is 6.47. The van der Waals surface area contributed by atoms with E-state index >= 15 is 0 Å². The van der Waals surface area contributed by atoms with Crippen LogP contribution in [0.5, 0.6) is 0 Å². The Kier molecular flexibility index (Phi) is 4.68. The van der Waals surface area contributed by atoms with E-state index in [1.165, 1.54) is 0 Å². The fourth-order valence-electron chi connectivity index (χ4n) is 2.13. The summed E-state index contributed by atoms with van der Waals surface area (Å²) in [6, 6.07) is 1.93. The second-order valence-corrected chi connectivity index (χ2v) is 4.72. The van der Waals surface area contributed by atoms with Crippen molar-refractivity contribution in [2.75, 3.05) is 19.6 Å². The first-order chi connectivity index (χ1) is 9.63. The predicted molar refractivity (Wildman–Crippen MR) is 77.4 cm³/mol. The lowest BCUT2D eigenvalue weighted by Crippen LogP contribution is -2.37. The summed E-state index contributed by atoms with van der Waals surface area (Å²) >= 11 is 0. The van der Waals surface area contributed by atoms with Crippen molar-refractivity contribution in [3.8, 4) is 0 Å². The van der Waals surface area contributed by atoms with Crippen molar-refractivity contribution in [3.63, 3.8) is 0 Å². The number of aromatic nitrogens is 3. The topological polar surface area (TPSA) is 62.5 Å². The first-order valence-electron chi connectivity index (χ1n) is 6.93. The molecule has 1 N–H and O–H groups in total. The Morgan fingerprint density at radius 2 is 2.15 bits per heavy atom. The van der Waals surface area contributed by atoms with Crippen LogP contribution in [0, 0.1) is 6.92 Å². The second-order valence-electron chi connectivity index (χ2n) is 4.72. The number of aryl methyl sites for hydroxylation is 1. The van der Waals surface area contributed by atoms with Crippen LogP contribution in [0.3, 0.4) is 0 Å². The Morgan fingerprint density at radius 1 is 1.40 bits per heavy atom. The Morgan fingerprint density at radius 3 is 2.85 bits per heavy atom. The van der Waals surface area contributed by atoms with Gasteiger partial charge in [-0.25, -0.2) is 9.50 Å². The lowest BCUT2D eigenvalue weighted by Gasteiger charge is -2.18. The standard InChI is InChI=1S/C14H21N5O/c1-4-18(5-2)14(20)9-15-7-12-8-16-13-6-11(3)17-19(13)10-12/h6,8,10,15H,4-5,7,9H2,1-3H3. The molecule has 0 spiro atoms. The highest BCUT2D eigenvalue weighted by Crippen LogP contribution is 2.04. The summed E-state index contributed by atoms with van der Waals surface area (Å²) in [5, 5.41) is 7.47. The van der Waals surface area contributed by atoms with Gasteiger partial charge >= 0.3 is 0 Å². The first kappa shape index (κ1) is 14.5. The Bertz CT molecular complexity index is 588. The van der Waals surface area contributed by atoms with Crippen LogP contribution in [-0.2, 0) is 11.3 Å². The zero-order valence-electron chi connectivity index (χ0n) is 12.3. The summed E-state index contributed by atoms with van der Waals surface area (Å²) < 4.78 is 1.76. The van der Waals surface area contributed by atoms with Gasteiger partial charge < -0.3 is 10.2 Å². The number of rotatable bonds is 6. The van der Waals surface area contributed by atoms with Gasteiger partial charge in [0.15, 0.2) is 5.65 Å². The number of likely N-dealkylation sites (N-methyl/N-ethyl adjacent to an activating group) is 1. The minimum Gasteiger partial charge on any atom is -0.342 e. The van der Waals surface area contributed by atoms with Crippen LogP contribution in [0.15, 0.2) is 18.5 Å². The van der Waals surface area contributed by atoms with Crippen LogP contribution < -0.4 is 5.32 Å². The summed E-state index contributed by atoms with van der Waals surface area (Å²) in [6.07, 6.45) is 3.75.